The number of guanidine groups is 1. The van der Waals surface area contributed by atoms with E-state index in [-0.39, 0.29) is 47.4 Å². The van der Waals surface area contributed by atoms with E-state index in [1.54, 1.807) is 7.05 Å². The Balaban J connectivity index is 0.00000280. The summed E-state index contributed by atoms with van der Waals surface area (Å²) in [4.78, 5) is 16.0. The maximum absolute atomic E-state index is 11.7. The fourth-order valence-corrected chi connectivity index (χ4v) is 4.00. The lowest BCUT2D eigenvalue weighted by Gasteiger charge is -2.40. The van der Waals surface area contributed by atoms with Crippen LogP contribution in [0.25, 0.3) is 0 Å². The van der Waals surface area contributed by atoms with Gasteiger partial charge in [0.05, 0.1) is 6.04 Å². The monoisotopic (exact) mass is 500 g/mol. The van der Waals surface area contributed by atoms with Gasteiger partial charge in [-0.1, -0.05) is 32.0 Å². The first kappa shape index (κ1) is 22.8. The first-order chi connectivity index (χ1) is 13.0. The molecule has 1 aliphatic heterocycles. The molecule has 0 bridgehead atoms. The number of carbonyl (C=O) groups excluding carboxylic acids is 1. The van der Waals surface area contributed by atoms with Gasteiger partial charge in [-0.05, 0) is 31.7 Å². The topological polar surface area (TPSA) is 74.8 Å². The number of nitrogens with one attached hydrogen (secondary N) is 3. The van der Waals surface area contributed by atoms with E-state index in [0.717, 1.165) is 31.0 Å². The number of ether oxygens (including phenoxy) is 1. The zero-order valence-electron chi connectivity index (χ0n) is 17.1. The molecule has 7 heteroatoms. The van der Waals surface area contributed by atoms with Gasteiger partial charge in [0, 0.05) is 38.0 Å². The van der Waals surface area contributed by atoms with Crippen molar-refractivity contribution in [1.82, 2.24) is 16.0 Å². The molecule has 28 heavy (non-hydrogen) atoms. The molecule has 1 unspecified atom stereocenters. The summed E-state index contributed by atoms with van der Waals surface area (Å²) in [6.45, 7) is 5.00. The number of hydrogen-bond acceptors (Lipinski definition) is 3. The van der Waals surface area contributed by atoms with Crippen molar-refractivity contribution >= 4 is 35.8 Å². The van der Waals surface area contributed by atoms with Crippen molar-refractivity contribution in [1.29, 1.82) is 0 Å². The van der Waals surface area contributed by atoms with Crippen LogP contribution in [0.2, 0.25) is 0 Å². The zero-order chi connectivity index (χ0) is 19.3. The molecule has 1 fully saturated rings. The molecule has 1 atom stereocenters. The van der Waals surface area contributed by atoms with E-state index in [1.165, 1.54) is 18.4 Å². The largest absolute Gasteiger partial charge is 0.487 e. The van der Waals surface area contributed by atoms with E-state index < -0.39 is 0 Å². The Morgan fingerprint density at radius 1 is 1.21 bits per heavy atom. The Hall–Kier alpha value is -1.51. The molecular formula is C21H33IN4O2. The van der Waals surface area contributed by atoms with E-state index in [9.17, 15) is 4.79 Å². The first-order valence-corrected chi connectivity index (χ1v) is 10.1. The van der Waals surface area contributed by atoms with Crippen molar-refractivity contribution in [2.45, 2.75) is 57.6 Å². The minimum absolute atomic E-state index is 0. The zero-order valence-corrected chi connectivity index (χ0v) is 19.4. The van der Waals surface area contributed by atoms with Crippen LogP contribution in [-0.4, -0.2) is 37.6 Å². The van der Waals surface area contributed by atoms with Gasteiger partial charge >= 0.3 is 0 Å². The number of nitrogens with zero attached hydrogens (tertiary/aromatic N) is 1. The Kier molecular flexibility index (Phi) is 8.39. The maximum Gasteiger partial charge on any atom is 0.222 e. The van der Waals surface area contributed by atoms with Crippen LogP contribution in [0.3, 0.4) is 0 Å². The van der Waals surface area contributed by atoms with E-state index in [2.05, 4.69) is 39.1 Å². The highest BCUT2D eigenvalue weighted by Crippen LogP contribution is 2.46. The van der Waals surface area contributed by atoms with Gasteiger partial charge in [-0.2, -0.15) is 0 Å². The molecule has 2 aliphatic rings. The molecule has 156 valence electrons. The fraction of sp³-hybridized carbons (Fsp3) is 0.619. The molecule has 1 spiro atoms. The van der Waals surface area contributed by atoms with Crippen molar-refractivity contribution in [3.8, 4) is 5.75 Å². The average molecular weight is 500 g/mol. The summed E-state index contributed by atoms with van der Waals surface area (Å²) in [5, 5.41) is 9.79. The molecule has 1 aliphatic carbocycles. The third-order valence-corrected chi connectivity index (χ3v) is 5.49. The number of benzene rings is 1. The van der Waals surface area contributed by atoms with Gasteiger partial charge in [-0.3, -0.25) is 9.79 Å². The molecule has 0 saturated heterocycles. The second-order valence-corrected chi connectivity index (χ2v) is 7.88. The minimum Gasteiger partial charge on any atom is -0.487 e. The molecule has 1 heterocycles. The summed E-state index contributed by atoms with van der Waals surface area (Å²) in [5.74, 6) is 1.82. The molecule has 1 amide bonds. The SMILES string of the molecule is CN=C(NCCNC(=O)C(C)C)NC1CC2(CCCC2)Oc2ccccc21.I. The van der Waals surface area contributed by atoms with Gasteiger partial charge in [0.1, 0.15) is 11.4 Å². The molecule has 1 aromatic rings. The van der Waals surface area contributed by atoms with Crippen LogP contribution in [-0.2, 0) is 4.79 Å². The summed E-state index contributed by atoms with van der Waals surface area (Å²) in [6, 6.07) is 8.46. The van der Waals surface area contributed by atoms with Gasteiger partial charge in [0.15, 0.2) is 5.96 Å². The molecular weight excluding hydrogens is 467 g/mol. The molecule has 6 nitrogen and oxygen atoms in total. The highest BCUT2D eigenvalue weighted by molar-refractivity contribution is 14.0. The number of halogens is 1. The lowest BCUT2D eigenvalue weighted by atomic mass is 9.86. The van der Waals surface area contributed by atoms with E-state index >= 15 is 0 Å². The molecule has 3 N–H and O–H groups in total. The van der Waals surface area contributed by atoms with Gasteiger partial charge in [0.25, 0.3) is 0 Å². The van der Waals surface area contributed by atoms with Gasteiger partial charge in [-0.25, -0.2) is 0 Å². The molecule has 0 aromatic heterocycles. The summed E-state index contributed by atoms with van der Waals surface area (Å²) in [7, 11) is 1.78. The van der Waals surface area contributed by atoms with Crippen LogP contribution in [0.1, 0.15) is 57.6 Å². The smallest absolute Gasteiger partial charge is 0.222 e. The predicted molar refractivity (Wildman–Crippen MR) is 123 cm³/mol. The lowest BCUT2D eigenvalue weighted by molar-refractivity contribution is -0.123. The number of rotatable bonds is 5. The highest BCUT2D eigenvalue weighted by Gasteiger charge is 2.43. The Bertz CT molecular complexity index is 687. The van der Waals surface area contributed by atoms with Crippen LogP contribution in [0.5, 0.6) is 5.75 Å². The number of amides is 1. The molecule has 3 rings (SSSR count). The number of fused-ring (bicyclic) bond motifs is 1. The molecule has 0 radical (unpaired) electrons. The Morgan fingerprint density at radius 2 is 1.89 bits per heavy atom. The Morgan fingerprint density at radius 3 is 2.57 bits per heavy atom. The van der Waals surface area contributed by atoms with Crippen molar-refractivity contribution in [3.05, 3.63) is 29.8 Å². The van der Waals surface area contributed by atoms with E-state index in [1.807, 2.05) is 19.9 Å². The first-order valence-electron chi connectivity index (χ1n) is 10.1. The van der Waals surface area contributed by atoms with Crippen molar-refractivity contribution in [3.63, 3.8) is 0 Å². The van der Waals surface area contributed by atoms with Crippen LogP contribution in [0.4, 0.5) is 0 Å². The standard InChI is InChI=1S/C21H32N4O2.HI/c1-15(2)19(26)23-12-13-24-20(22-3)25-17-14-21(10-6-7-11-21)27-18-9-5-4-8-16(17)18;/h4-5,8-9,15,17H,6-7,10-14H2,1-3H3,(H,23,26)(H2,22,24,25);1H. The second-order valence-electron chi connectivity index (χ2n) is 7.88. The summed E-state index contributed by atoms with van der Waals surface area (Å²) < 4.78 is 6.43. The molecule has 1 saturated carbocycles. The van der Waals surface area contributed by atoms with Crippen LogP contribution in [0, 0.1) is 5.92 Å². The van der Waals surface area contributed by atoms with E-state index in [4.69, 9.17) is 4.74 Å². The number of hydrogen-bond donors (Lipinski definition) is 3. The predicted octanol–water partition coefficient (Wildman–Crippen LogP) is 3.38. The fourth-order valence-electron chi connectivity index (χ4n) is 4.00. The van der Waals surface area contributed by atoms with Gasteiger partial charge in [0.2, 0.25) is 5.91 Å². The summed E-state index contributed by atoms with van der Waals surface area (Å²) in [5.41, 5.74) is 1.14. The van der Waals surface area contributed by atoms with Crippen molar-refractivity contribution in [2.24, 2.45) is 10.9 Å². The van der Waals surface area contributed by atoms with Gasteiger partial charge < -0.3 is 20.7 Å². The molecule has 1 aromatic carbocycles. The van der Waals surface area contributed by atoms with Crippen LogP contribution < -0.4 is 20.7 Å². The average Bonchev–Trinajstić information content (AvgIpc) is 3.11. The number of carbonyl (C=O) groups is 1. The quantitative estimate of drug-likeness (QED) is 0.251. The third-order valence-electron chi connectivity index (χ3n) is 5.49. The normalized spacial score (nSPS) is 20.1. The second kappa shape index (κ2) is 10.3. The summed E-state index contributed by atoms with van der Waals surface area (Å²) in [6.07, 6.45) is 5.66. The highest BCUT2D eigenvalue weighted by atomic mass is 127. The van der Waals surface area contributed by atoms with Crippen LogP contribution in [0.15, 0.2) is 29.3 Å². The number of para-hydroxylation sites is 1. The number of aliphatic imine (C=N–C) groups is 1. The van der Waals surface area contributed by atoms with Crippen LogP contribution >= 0.6 is 24.0 Å². The Labute approximate surface area is 185 Å². The van der Waals surface area contributed by atoms with Gasteiger partial charge in [-0.15, -0.1) is 24.0 Å². The summed E-state index contributed by atoms with van der Waals surface area (Å²) >= 11 is 0. The maximum atomic E-state index is 11.7. The third kappa shape index (κ3) is 5.52. The lowest BCUT2D eigenvalue weighted by Crippen LogP contribution is -2.47. The van der Waals surface area contributed by atoms with Crippen molar-refractivity contribution in [2.75, 3.05) is 20.1 Å². The van der Waals surface area contributed by atoms with Crippen molar-refractivity contribution < 1.29 is 9.53 Å². The minimum atomic E-state index is -0.0455. The van der Waals surface area contributed by atoms with E-state index in [0.29, 0.717) is 13.1 Å².